The van der Waals surface area contributed by atoms with Gasteiger partial charge in [0, 0.05) is 16.2 Å². The number of hydrogen-bond acceptors (Lipinski definition) is 5. The van der Waals surface area contributed by atoms with E-state index in [1.165, 1.54) is 0 Å². The molecule has 2 heterocycles. The number of benzene rings is 1. The normalized spacial score (nSPS) is 12.3. The number of para-hydroxylation sites is 1. The SMILES string of the molecule is Br.C/C(=N\Nc1nc(C(C)(C)C)cs1)c1cc2ccccc2o1. The number of nitrogens with zero attached hydrogens (tertiary/aromatic N) is 2. The maximum atomic E-state index is 5.79. The van der Waals surface area contributed by atoms with E-state index in [1.807, 2.05) is 37.3 Å². The molecular weight excluding hydrogens is 374 g/mol. The molecule has 0 aliphatic heterocycles. The van der Waals surface area contributed by atoms with Crippen LogP contribution in [0.2, 0.25) is 0 Å². The summed E-state index contributed by atoms with van der Waals surface area (Å²) in [6, 6.07) is 9.94. The van der Waals surface area contributed by atoms with Gasteiger partial charge in [0.25, 0.3) is 0 Å². The molecule has 0 aliphatic carbocycles. The Labute approximate surface area is 150 Å². The molecule has 0 atom stereocenters. The molecule has 2 aromatic heterocycles. The fourth-order valence-electron chi connectivity index (χ4n) is 2.02. The van der Waals surface area contributed by atoms with Gasteiger partial charge >= 0.3 is 0 Å². The van der Waals surface area contributed by atoms with Gasteiger partial charge in [0.2, 0.25) is 5.13 Å². The standard InChI is InChI=1S/C17H19N3OS.BrH/c1-11(14-9-12-7-5-6-8-13(12)21-14)19-20-16-18-15(10-22-16)17(2,3)4;/h5-10H,1-4H3,(H,18,20);1H/b19-11+;. The van der Waals surface area contributed by atoms with Crippen molar-refractivity contribution in [2.75, 3.05) is 5.43 Å². The molecule has 0 aliphatic rings. The van der Waals surface area contributed by atoms with Gasteiger partial charge in [-0.1, -0.05) is 39.0 Å². The van der Waals surface area contributed by atoms with E-state index >= 15 is 0 Å². The van der Waals surface area contributed by atoms with Crippen LogP contribution < -0.4 is 5.43 Å². The fourth-order valence-corrected chi connectivity index (χ4v) is 2.90. The van der Waals surface area contributed by atoms with Crippen LogP contribution in [0.25, 0.3) is 11.0 Å². The van der Waals surface area contributed by atoms with Gasteiger partial charge in [0.15, 0.2) is 5.76 Å². The molecule has 0 radical (unpaired) electrons. The van der Waals surface area contributed by atoms with E-state index < -0.39 is 0 Å². The van der Waals surface area contributed by atoms with Crippen molar-refractivity contribution in [1.29, 1.82) is 0 Å². The first kappa shape index (κ1) is 17.7. The van der Waals surface area contributed by atoms with E-state index in [0.29, 0.717) is 0 Å². The Kier molecular flexibility index (Phi) is 5.26. The zero-order valence-corrected chi connectivity index (χ0v) is 16.1. The number of hydrazone groups is 1. The minimum atomic E-state index is 0. The third-order valence-corrected chi connectivity index (χ3v) is 4.12. The van der Waals surface area contributed by atoms with E-state index in [1.54, 1.807) is 11.3 Å². The number of anilines is 1. The van der Waals surface area contributed by atoms with E-state index in [-0.39, 0.29) is 22.4 Å². The van der Waals surface area contributed by atoms with E-state index in [0.717, 1.165) is 33.3 Å². The van der Waals surface area contributed by atoms with Crippen LogP contribution in [0.15, 0.2) is 45.2 Å². The smallest absolute Gasteiger partial charge is 0.203 e. The lowest BCUT2D eigenvalue weighted by atomic mass is 9.93. The topological polar surface area (TPSA) is 50.4 Å². The Morgan fingerprint density at radius 3 is 2.65 bits per heavy atom. The Bertz CT molecular complexity index is 797. The highest BCUT2D eigenvalue weighted by molar-refractivity contribution is 8.93. The van der Waals surface area contributed by atoms with Gasteiger partial charge in [-0.3, -0.25) is 5.43 Å². The van der Waals surface area contributed by atoms with Crippen molar-refractivity contribution < 1.29 is 4.42 Å². The van der Waals surface area contributed by atoms with Crippen LogP contribution >= 0.6 is 28.3 Å². The Morgan fingerprint density at radius 1 is 1.26 bits per heavy atom. The summed E-state index contributed by atoms with van der Waals surface area (Å²) in [5.41, 5.74) is 5.80. The summed E-state index contributed by atoms with van der Waals surface area (Å²) in [5.74, 6) is 0.765. The summed E-state index contributed by atoms with van der Waals surface area (Å²) in [7, 11) is 0. The molecule has 1 N–H and O–H groups in total. The number of halogens is 1. The number of aromatic nitrogens is 1. The van der Waals surface area contributed by atoms with Crippen LogP contribution in [-0.4, -0.2) is 10.7 Å². The Morgan fingerprint density at radius 2 is 2.00 bits per heavy atom. The number of fused-ring (bicyclic) bond motifs is 1. The van der Waals surface area contributed by atoms with Crippen molar-refractivity contribution in [3.05, 3.63) is 47.2 Å². The molecule has 122 valence electrons. The third kappa shape index (κ3) is 4.00. The monoisotopic (exact) mass is 393 g/mol. The first-order valence-electron chi connectivity index (χ1n) is 7.19. The zero-order chi connectivity index (χ0) is 15.7. The number of furan rings is 1. The predicted octanol–water partition coefficient (Wildman–Crippen LogP) is 5.60. The zero-order valence-electron chi connectivity index (χ0n) is 13.6. The molecule has 0 saturated carbocycles. The Balaban J connectivity index is 0.00000192. The van der Waals surface area contributed by atoms with Crippen LogP contribution in [0, 0.1) is 0 Å². The lowest BCUT2D eigenvalue weighted by Gasteiger charge is -2.13. The second-order valence-electron chi connectivity index (χ2n) is 6.25. The predicted molar refractivity (Wildman–Crippen MR) is 103 cm³/mol. The van der Waals surface area contributed by atoms with Crippen molar-refractivity contribution >= 4 is 50.1 Å². The van der Waals surface area contributed by atoms with Crippen LogP contribution in [0.3, 0.4) is 0 Å². The third-order valence-electron chi connectivity index (χ3n) is 3.37. The molecule has 0 spiro atoms. The van der Waals surface area contributed by atoms with Crippen molar-refractivity contribution in [1.82, 2.24) is 4.98 Å². The van der Waals surface area contributed by atoms with Gasteiger partial charge < -0.3 is 4.42 Å². The summed E-state index contributed by atoms with van der Waals surface area (Å²) < 4.78 is 5.79. The van der Waals surface area contributed by atoms with Crippen molar-refractivity contribution in [2.45, 2.75) is 33.1 Å². The van der Waals surface area contributed by atoms with Crippen LogP contribution in [0.5, 0.6) is 0 Å². The lowest BCUT2D eigenvalue weighted by Crippen LogP contribution is -2.11. The summed E-state index contributed by atoms with van der Waals surface area (Å²) in [5, 5.41) is 8.31. The molecule has 3 aromatic rings. The molecule has 3 rings (SSSR count). The van der Waals surface area contributed by atoms with Gasteiger partial charge in [-0.05, 0) is 19.1 Å². The number of rotatable bonds is 3. The molecule has 1 aromatic carbocycles. The minimum Gasteiger partial charge on any atom is -0.455 e. The van der Waals surface area contributed by atoms with Gasteiger partial charge in [0.05, 0.1) is 5.69 Å². The highest BCUT2D eigenvalue weighted by atomic mass is 79.9. The molecule has 4 nitrogen and oxygen atoms in total. The average Bonchev–Trinajstić information content (AvgIpc) is 3.10. The van der Waals surface area contributed by atoms with Crippen LogP contribution in [-0.2, 0) is 5.41 Å². The van der Waals surface area contributed by atoms with Crippen molar-refractivity contribution in [3.63, 3.8) is 0 Å². The summed E-state index contributed by atoms with van der Waals surface area (Å²) >= 11 is 1.56. The molecule has 0 unspecified atom stereocenters. The lowest BCUT2D eigenvalue weighted by molar-refractivity contribution is 0.573. The molecule has 6 heteroatoms. The minimum absolute atomic E-state index is 0. The quantitative estimate of drug-likeness (QED) is 0.465. The average molecular weight is 394 g/mol. The number of thiazole rings is 1. The summed E-state index contributed by atoms with van der Waals surface area (Å²) in [4.78, 5) is 4.56. The fraction of sp³-hybridized carbons (Fsp3) is 0.294. The molecule has 0 saturated heterocycles. The largest absolute Gasteiger partial charge is 0.455 e. The van der Waals surface area contributed by atoms with E-state index in [9.17, 15) is 0 Å². The molecule has 23 heavy (non-hydrogen) atoms. The number of hydrogen-bond donors (Lipinski definition) is 1. The second kappa shape index (κ2) is 6.84. The maximum Gasteiger partial charge on any atom is 0.203 e. The Hall–Kier alpha value is -1.66. The van der Waals surface area contributed by atoms with Crippen molar-refractivity contribution in [2.24, 2.45) is 5.10 Å². The van der Waals surface area contributed by atoms with Gasteiger partial charge in [0.1, 0.15) is 11.3 Å². The van der Waals surface area contributed by atoms with E-state index in [4.69, 9.17) is 4.42 Å². The second-order valence-corrected chi connectivity index (χ2v) is 7.10. The summed E-state index contributed by atoms with van der Waals surface area (Å²) in [6.07, 6.45) is 0. The first-order chi connectivity index (χ1) is 10.4. The molecule has 0 amide bonds. The molecule has 0 fully saturated rings. The highest BCUT2D eigenvalue weighted by Crippen LogP contribution is 2.26. The maximum absolute atomic E-state index is 5.79. The number of nitrogens with one attached hydrogen (secondary N) is 1. The molecular formula is C17H20BrN3OS. The van der Waals surface area contributed by atoms with E-state index in [2.05, 4.69) is 41.7 Å². The van der Waals surface area contributed by atoms with Gasteiger partial charge in [-0.2, -0.15) is 5.10 Å². The first-order valence-corrected chi connectivity index (χ1v) is 8.07. The highest BCUT2D eigenvalue weighted by Gasteiger charge is 2.17. The van der Waals surface area contributed by atoms with Crippen molar-refractivity contribution in [3.8, 4) is 0 Å². The summed E-state index contributed by atoms with van der Waals surface area (Å²) in [6.45, 7) is 8.36. The van der Waals surface area contributed by atoms with Gasteiger partial charge in [-0.25, -0.2) is 4.98 Å². The molecule has 0 bridgehead atoms. The van der Waals surface area contributed by atoms with Crippen LogP contribution in [0.4, 0.5) is 5.13 Å². The van der Waals surface area contributed by atoms with Gasteiger partial charge in [-0.15, -0.1) is 28.3 Å². The van der Waals surface area contributed by atoms with Crippen LogP contribution in [0.1, 0.15) is 39.1 Å².